The molecule has 0 aliphatic carbocycles. The third-order valence-electron chi connectivity index (χ3n) is 3.16. The SMILES string of the molecule is Cc1c(Cl)ccc2cc3c(nc12)NC(C)C3. The molecule has 2 heterocycles. The van der Waals surface area contributed by atoms with E-state index in [0.29, 0.717) is 6.04 Å². The molecule has 0 spiro atoms. The van der Waals surface area contributed by atoms with Crippen molar-refractivity contribution in [2.45, 2.75) is 26.3 Å². The number of hydrogen-bond donors (Lipinski definition) is 1. The fourth-order valence-electron chi connectivity index (χ4n) is 2.30. The van der Waals surface area contributed by atoms with E-state index in [1.54, 1.807) is 0 Å². The Bertz CT molecular complexity index is 578. The van der Waals surface area contributed by atoms with Crippen molar-refractivity contribution in [1.29, 1.82) is 0 Å². The van der Waals surface area contributed by atoms with Crippen molar-refractivity contribution in [3.63, 3.8) is 0 Å². The van der Waals surface area contributed by atoms with Gasteiger partial charge in [-0.3, -0.25) is 0 Å². The molecule has 1 aromatic carbocycles. The lowest BCUT2D eigenvalue weighted by molar-refractivity contribution is 0.839. The third-order valence-corrected chi connectivity index (χ3v) is 3.57. The number of anilines is 1. The molecule has 1 aliphatic heterocycles. The highest BCUT2D eigenvalue weighted by Gasteiger charge is 2.19. The molecule has 1 aliphatic rings. The average molecular weight is 233 g/mol. The van der Waals surface area contributed by atoms with Gasteiger partial charge in [-0.05, 0) is 43.5 Å². The van der Waals surface area contributed by atoms with Crippen molar-refractivity contribution in [1.82, 2.24) is 4.98 Å². The number of halogens is 1. The van der Waals surface area contributed by atoms with Crippen LogP contribution in [0.3, 0.4) is 0 Å². The van der Waals surface area contributed by atoms with E-state index in [1.165, 1.54) is 10.9 Å². The number of rotatable bonds is 0. The van der Waals surface area contributed by atoms with Crippen molar-refractivity contribution in [2.75, 3.05) is 5.32 Å². The largest absolute Gasteiger partial charge is 0.367 e. The summed E-state index contributed by atoms with van der Waals surface area (Å²) in [5.41, 5.74) is 3.37. The minimum Gasteiger partial charge on any atom is -0.367 e. The van der Waals surface area contributed by atoms with E-state index in [1.807, 2.05) is 19.1 Å². The first kappa shape index (κ1) is 9.91. The van der Waals surface area contributed by atoms with Gasteiger partial charge in [0.05, 0.1) is 5.52 Å². The van der Waals surface area contributed by atoms with Crippen LogP contribution in [0.15, 0.2) is 18.2 Å². The summed E-state index contributed by atoms with van der Waals surface area (Å²) >= 11 is 6.11. The minimum atomic E-state index is 0.482. The molecule has 1 unspecified atom stereocenters. The second-order valence-corrected chi connectivity index (χ2v) is 4.90. The normalized spacial score (nSPS) is 18.6. The van der Waals surface area contributed by atoms with Gasteiger partial charge in [0.2, 0.25) is 0 Å². The number of nitrogens with one attached hydrogen (secondary N) is 1. The van der Waals surface area contributed by atoms with Crippen molar-refractivity contribution in [3.8, 4) is 0 Å². The first-order chi connectivity index (χ1) is 7.65. The van der Waals surface area contributed by atoms with Gasteiger partial charge in [-0.2, -0.15) is 0 Å². The van der Waals surface area contributed by atoms with E-state index in [2.05, 4.69) is 23.3 Å². The molecule has 16 heavy (non-hydrogen) atoms. The van der Waals surface area contributed by atoms with E-state index in [4.69, 9.17) is 11.6 Å². The second kappa shape index (κ2) is 3.36. The van der Waals surface area contributed by atoms with Crippen molar-refractivity contribution in [3.05, 3.63) is 34.3 Å². The Balaban J connectivity index is 2.31. The lowest BCUT2D eigenvalue weighted by Gasteiger charge is -2.06. The predicted octanol–water partition coefficient (Wildman–Crippen LogP) is 3.55. The maximum atomic E-state index is 6.11. The summed E-state index contributed by atoms with van der Waals surface area (Å²) in [7, 11) is 0. The first-order valence-electron chi connectivity index (χ1n) is 5.50. The molecule has 2 aromatic rings. The number of benzene rings is 1. The molecular formula is C13H13ClN2. The van der Waals surface area contributed by atoms with Crippen LogP contribution in [0.1, 0.15) is 18.1 Å². The Kier molecular flexibility index (Phi) is 2.08. The lowest BCUT2D eigenvalue weighted by Crippen LogP contribution is -2.08. The van der Waals surface area contributed by atoms with Crippen LogP contribution in [-0.4, -0.2) is 11.0 Å². The number of aryl methyl sites for hydroxylation is 1. The topological polar surface area (TPSA) is 24.9 Å². The van der Waals surface area contributed by atoms with Crippen LogP contribution in [0.25, 0.3) is 10.9 Å². The quantitative estimate of drug-likeness (QED) is 0.752. The molecule has 1 atom stereocenters. The van der Waals surface area contributed by atoms with Gasteiger partial charge in [0.1, 0.15) is 5.82 Å². The van der Waals surface area contributed by atoms with Crippen LogP contribution >= 0.6 is 11.6 Å². The molecule has 1 aromatic heterocycles. The smallest absolute Gasteiger partial charge is 0.130 e. The van der Waals surface area contributed by atoms with Crippen LogP contribution < -0.4 is 5.32 Å². The summed E-state index contributed by atoms with van der Waals surface area (Å²) in [6.45, 7) is 4.19. The van der Waals surface area contributed by atoms with E-state index in [9.17, 15) is 0 Å². The maximum Gasteiger partial charge on any atom is 0.130 e. The molecule has 2 nitrogen and oxygen atoms in total. The van der Waals surface area contributed by atoms with Crippen molar-refractivity contribution < 1.29 is 0 Å². The zero-order valence-electron chi connectivity index (χ0n) is 9.34. The van der Waals surface area contributed by atoms with Gasteiger partial charge in [-0.1, -0.05) is 17.7 Å². The maximum absolute atomic E-state index is 6.11. The molecule has 3 rings (SSSR count). The standard InChI is InChI=1S/C13H13ClN2/c1-7-5-10-6-9-3-4-11(14)8(2)12(9)16-13(10)15-7/h3-4,6-7H,5H2,1-2H3,(H,15,16). The summed E-state index contributed by atoms with van der Waals surface area (Å²) in [5, 5.41) is 5.34. The molecular weight excluding hydrogens is 220 g/mol. The highest BCUT2D eigenvalue weighted by atomic mass is 35.5. The van der Waals surface area contributed by atoms with E-state index >= 15 is 0 Å². The van der Waals surface area contributed by atoms with Gasteiger partial charge < -0.3 is 5.32 Å². The number of pyridine rings is 1. The highest BCUT2D eigenvalue weighted by molar-refractivity contribution is 6.32. The van der Waals surface area contributed by atoms with Crippen LogP contribution in [0, 0.1) is 6.92 Å². The summed E-state index contributed by atoms with van der Waals surface area (Å²) in [6, 6.07) is 6.69. The van der Waals surface area contributed by atoms with Crippen molar-refractivity contribution in [2.24, 2.45) is 0 Å². The van der Waals surface area contributed by atoms with Crippen LogP contribution in [0.4, 0.5) is 5.82 Å². The molecule has 0 saturated carbocycles. The molecule has 3 heteroatoms. The van der Waals surface area contributed by atoms with E-state index in [0.717, 1.165) is 28.3 Å². The molecule has 1 N–H and O–H groups in total. The molecule has 0 fully saturated rings. The van der Waals surface area contributed by atoms with Gasteiger partial charge in [-0.25, -0.2) is 4.98 Å². The molecule has 0 amide bonds. The van der Waals surface area contributed by atoms with Gasteiger partial charge in [0, 0.05) is 16.5 Å². The Labute approximate surface area is 99.6 Å². The van der Waals surface area contributed by atoms with Crippen molar-refractivity contribution >= 4 is 28.3 Å². The number of fused-ring (bicyclic) bond motifs is 2. The summed E-state index contributed by atoms with van der Waals surface area (Å²) in [6.07, 6.45) is 1.06. The fraction of sp³-hybridized carbons (Fsp3) is 0.308. The van der Waals surface area contributed by atoms with Gasteiger partial charge in [-0.15, -0.1) is 0 Å². The third kappa shape index (κ3) is 1.37. The molecule has 0 saturated heterocycles. The second-order valence-electron chi connectivity index (χ2n) is 4.49. The van der Waals surface area contributed by atoms with Gasteiger partial charge in [0.25, 0.3) is 0 Å². The molecule has 0 radical (unpaired) electrons. The van der Waals surface area contributed by atoms with Crippen LogP contribution in [0.2, 0.25) is 5.02 Å². The minimum absolute atomic E-state index is 0.482. The van der Waals surface area contributed by atoms with Crippen LogP contribution in [0.5, 0.6) is 0 Å². The lowest BCUT2D eigenvalue weighted by atomic mass is 10.1. The Morgan fingerprint density at radius 1 is 1.44 bits per heavy atom. The molecule has 0 bridgehead atoms. The predicted molar refractivity (Wildman–Crippen MR) is 68.3 cm³/mol. The summed E-state index contributed by atoms with van der Waals surface area (Å²) in [5.74, 6) is 1.02. The average Bonchev–Trinajstić information content (AvgIpc) is 2.61. The monoisotopic (exact) mass is 232 g/mol. The van der Waals surface area contributed by atoms with Gasteiger partial charge >= 0.3 is 0 Å². The van der Waals surface area contributed by atoms with Crippen LogP contribution in [-0.2, 0) is 6.42 Å². The first-order valence-corrected chi connectivity index (χ1v) is 5.88. The Morgan fingerprint density at radius 2 is 2.25 bits per heavy atom. The zero-order chi connectivity index (χ0) is 11.3. The van der Waals surface area contributed by atoms with Gasteiger partial charge in [0.15, 0.2) is 0 Å². The Morgan fingerprint density at radius 3 is 3.06 bits per heavy atom. The van der Waals surface area contributed by atoms with E-state index in [-0.39, 0.29) is 0 Å². The Hall–Kier alpha value is -1.28. The zero-order valence-corrected chi connectivity index (χ0v) is 10.1. The summed E-state index contributed by atoms with van der Waals surface area (Å²) < 4.78 is 0. The number of nitrogens with zero attached hydrogens (tertiary/aromatic N) is 1. The fourth-order valence-corrected chi connectivity index (χ4v) is 2.45. The summed E-state index contributed by atoms with van der Waals surface area (Å²) in [4.78, 5) is 4.67. The number of aromatic nitrogens is 1. The molecule has 82 valence electrons. The van der Waals surface area contributed by atoms with E-state index < -0.39 is 0 Å². The highest BCUT2D eigenvalue weighted by Crippen LogP contribution is 2.31. The number of hydrogen-bond acceptors (Lipinski definition) is 2.